The van der Waals surface area contributed by atoms with Crippen LogP contribution in [0, 0.1) is 5.92 Å². The molecule has 2 unspecified atom stereocenters. The second-order valence-corrected chi connectivity index (χ2v) is 7.88. The van der Waals surface area contributed by atoms with Gasteiger partial charge in [-0.1, -0.05) is 31.2 Å². The zero-order valence-corrected chi connectivity index (χ0v) is 14.2. The number of rotatable bonds is 5. The maximum Gasteiger partial charge on any atom is 0.234 e. The lowest BCUT2D eigenvalue weighted by Crippen LogP contribution is -2.52. The average Bonchev–Trinajstić information content (AvgIpc) is 2.50. The van der Waals surface area contributed by atoms with Gasteiger partial charge in [-0.25, -0.2) is 13.8 Å². The minimum absolute atomic E-state index is 0.00317. The van der Waals surface area contributed by atoms with Crippen molar-refractivity contribution in [3.8, 4) is 0 Å². The molecule has 2 N–H and O–H groups in total. The number of carbonyl (C=O) groups excluding carboxylic acids is 1. The molecule has 1 amide bonds. The maximum atomic E-state index is 12.0. The van der Waals surface area contributed by atoms with Crippen molar-refractivity contribution < 1.29 is 13.2 Å². The molecule has 0 bridgehead atoms. The molecule has 5 nitrogen and oxygen atoms in total. The molecule has 1 heterocycles. The number of hydrogen-bond acceptors (Lipinski definition) is 4. The monoisotopic (exact) mass is 334 g/mol. The molecule has 1 aromatic carbocycles. The van der Waals surface area contributed by atoms with Crippen LogP contribution in [0.2, 0.25) is 0 Å². The Morgan fingerprint density at radius 3 is 2.57 bits per heavy atom. The first-order chi connectivity index (χ1) is 10.8. The number of carbonyl (C=O) groups is 1. The van der Waals surface area contributed by atoms with Crippen molar-refractivity contribution in [2.24, 2.45) is 5.92 Å². The van der Waals surface area contributed by atoms with Crippen LogP contribution < -0.4 is 10.9 Å². The van der Waals surface area contributed by atoms with E-state index in [1.54, 1.807) is 24.3 Å². The predicted molar refractivity (Wildman–Crippen MR) is 91.2 cm³/mol. The lowest BCUT2D eigenvalue weighted by molar-refractivity contribution is -0.125. The molecule has 1 aliphatic heterocycles. The van der Waals surface area contributed by atoms with Crippen molar-refractivity contribution in [1.29, 1.82) is 0 Å². The molecule has 0 aliphatic carbocycles. The Hall–Kier alpha value is -1.92. The molecule has 0 aromatic heterocycles. The molecule has 1 fully saturated rings. The quantitative estimate of drug-likeness (QED) is 0.809. The van der Waals surface area contributed by atoms with Crippen molar-refractivity contribution in [2.45, 2.75) is 31.2 Å². The molecule has 0 saturated carbocycles. The lowest BCUT2D eigenvalue weighted by atomic mass is 9.93. The highest BCUT2D eigenvalue weighted by molar-refractivity contribution is 7.91. The third-order valence-electron chi connectivity index (χ3n) is 3.93. The first-order valence-electron chi connectivity index (χ1n) is 7.50. The number of amides is 1. The Morgan fingerprint density at radius 2 is 2.00 bits per heavy atom. The number of benzene rings is 1. The number of allylic oxidation sites excluding steroid dienone is 1. The van der Waals surface area contributed by atoms with Gasteiger partial charge in [-0.15, -0.1) is 6.58 Å². The van der Waals surface area contributed by atoms with Crippen LogP contribution in [0.15, 0.2) is 47.9 Å². The van der Waals surface area contributed by atoms with E-state index in [9.17, 15) is 13.2 Å². The van der Waals surface area contributed by atoms with Gasteiger partial charge in [-0.2, -0.15) is 0 Å². The van der Waals surface area contributed by atoms with Gasteiger partial charge < -0.3 is 0 Å². The molecule has 124 valence electrons. The molecule has 0 spiro atoms. The molecular weight excluding hydrogens is 312 g/mol. The second kappa shape index (κ2) is 7.10. The minimum atomic E-state index is -3.29. The van der Waals surface area contributed by atoms with Gasteiger partial charge in [0.15, 0.2) is 9.84 Å². The maximum absolute atomic E-state index is 12.0. The molecule has 23 heavy (non-hydrogen) atoms. The van der Waals surface area contributed by atoms with Gasteiger partial charge in [-0.3, -0.25) is 10.2 Å². The third kappa shape index (κ3) is 4.30. The molecular formula is C17H22N2O3S. The van der Waals surface area contributed by atoms with Crippen molar-refractivity contribution in [3.63, 3.8) is 0 Å². The predicted octanol–water partition coefficient (Wildman–Crippen LogP) is 2.08. The Labute approximate surface area is 137 Å². The summed E-state index contributed by atoms with van der Waals surface area (Å²) in [5.74, 6) is 0.132. The van der Waals surface area contributed by atoms with Gasteiger partial charge in [0.25, 0.3) is 0 Å². The average molecular weight is 334 g/mol. The van der Waals surface area contributed by atoms with Crippen LogP contribution in [0.3, 0.4) is 0 Å². The van der Waals surface area contributed by atoms with Crippen LogP contribution in [0.1, 0.15) is 25.8 Å². The first-order valence-corrected chi connectivity index (χ1v) is 9.15. The van der Waals surface area contributed by atoms with Gasteiger partial charge >= 0.3 is 0 Å². The van der Waals surface area contributed by atoms with E-state index < -0.39 is 9.84 Å². The van der Waals surface area contributed by atoms with E-state index in [4.69, 9.17) is 0 Å². The second-order valence-electron chi connectivity index (χ2n) is 5.84. The summed E-state index contributed by atoms with van der Waals surface area (Å²) in [5, 5.41) is 0. The van der Waals surface area contributed by atoms with Crippen molar-refractivity contribution >= 4 is 21.3 Å². The highest BCUT2D eigenvalue weighted by Crippen LogP contribution is 2.21. The summed E-state index contributed by atoms with van der Waals surface area (Å²) in [5.41, 5.74) is 7.61. The molecule has 2 rings (SSSR count). The van der Waals surface area contributed by atoms with Crippen molar-refractivity contribution in [1.82, 2.24) is 10.9 Å². The molecule has 1 saturated heterocycles. The van der Waals surface area contributed by atoms with Crippen LogP contribution in [0.4, 0.5) is 0 Å². The Bertz CT molecular complexity index is 721. The summed E-state index contributed by atoms with van der Waals surface area (Å²) in [6.45, 7) is 7.46. The minimum Gasteiger partial charge on any atom is -0.291 e. The topological polar surface area (TPSA) is 75.3 Å². The van der Waals surface area contributed by atoms with Crippen LogP contribution >= 0.6 is 0 Å². The fraction of sp³-hybridized carbons (Fsp3) is 0.353. The van der Waals surface area contributed by atoms with Crippen LogP contribution in [0.5, 0.6) is 0 Å². The fourth-order valence-corrected chi connectivity index (χ4v) is 3.58. The molecule has 2 atom stereocenters. The van der Waals surface area contributed by atoms with Crippen molar-refractivity contribution in [3.05, 3.63) is 48.6 Å². The van der Waals surface area contributed by atoms with Gasteiger partial charge in [0.1, 0.15) is 0 Å². The van der Waals surface area contributed by atoms with E-state index in [1.165, 1.54) is 6.08 Å². The summed E-state index contributed by atoms with van der Waals surface area (Å²) >= 11 is 0. The highest BCUT2D eigenvalue weighted by Gasteiger charge is 2.23. The molecule has 1 aliphatic rings. The van der Waals surface area contributed by atoms with Gasteiger partial charge in [0.2, 0.25) is 5.91 Å². The van der Waals surface area contributed by atoms with Gasteiger partial charge in [-0.05, 0) is 36.1 Å². The summed E-state index contributed by atoms with van der Waals surface area (Å²) < 4.78 is 23.9. The van der Waals surface area contributed by atoms with E-state index in [-0.39, 0.29) is 23.6 Å². The number of hydrazine groups is 1. The van der Waals surface area contributed by atoms with Crippen LogP contribution in [-0.2, 0) is 14.6 Å². The van der Waals surface area contributed by atoms with Gasteiger partial charge in [0.05, 0.1) is 10.6 Å². The standard InChI is InChI=1S/C17H22N2O3S/c1-4-9-23(21,22)15-7-5-14(6-8-15)12(2)10-16-13(3)11-17(20)19-18-16/h4-8,10,13,16,18H,1,9,11H2,2-3H3,(H,19,20)/b12-10+. The Balaban J connectivity index is 2.17. The number of nitrogens with one attached hydrogen (secondary N) is 2. The van der Waals surface area contributed by atoms with Crippen LogP contribution in [0.25, 0.3) is 5.57 Å². The van der Waals surface area contributed by atoms with Crippen LogP contribution in [-0.4, -0.2) is 26.1 Å². The fourth-order valence-electron chi connectivity index (χ4n) is 2.52. The van der Waals surface area contributed by atoms with E-state index in [0.29, 0.717) is 11.3 Å². The number of sulfone groups is 1. The van der Waals surface area contributed by atoms with Crippen molar-refractivity contribution in [2.75, 3.05) is 5.75 Å². The van der Waals surface area contributed by atoms with Gasteiger partial charge in [0, 0.05) is 12.5 Å². The largest absolute Gasteiger partial charge is 0.291 e. The lowest BCUT2D eigenvalue weighted by Gasteiger charge is -2.28. The zero-order chi connectivity index (χ0) is 17.0. The smallest absolute Gasteiger partial charge is 0.234 e. The third-order valence-corrected chi connectivity index (χ3v) is 5.60. The molecule has 0 radical (unpaired) electrons. The van der Waals surface area contributed by atoms with E-state index in [0.717, 1.165) is 11.1 Å². The Morgan fingerprint density at radius 1 is 1.35 bits per heavy atom. The summed E-state index contributed by atoms with van der Waals surface area (Å²) in [6.07, 6.45) is 3.93. The first kappa shape index (κ1) is 17.4. The molecule has 1 aromatic rings. The van der Waals surface area contributed by atoms with E-state index in [1.807, 2.05) is 13.8 Å². The zero-order valence-electron chi connectivity index (χ0n) is 13.4. The molecule has 6 heteroatoms. The normalized spacial score (nSPS) is 22.5. The highest BCUT2D eigenvalue weighted by atomic mass is 32.2. The SMILES string of the molecule is C=CCS(=O)(=O)c1ccc(/C(C)=C/C2NNC(=O)CC2C)cc1. The summed E-state index contributed by atoms with van der Waals surface area (Å²) in [7, 11) is -3.29. The van der Waals surface area contributed by atoms with E-state index >= 15 is 0 Å². The summed E-state index contributed by atoms with van der Waals surface area (Å²) in [6, 6.07) is 6.88. The summed E-state index contributed by atoms with van der Waals surface area (Å²) in [4.78, 5) is 11.6. The van der Waals surface area contributed by atoms with E-state index in [2.05, 4.69) is 23.5 Å². The Kier molecular flexibility index (Phi) is 5.38. The number of hydrogen-bond donors (Lipinski definition) is 2.